The van der Waals surface area contributed by atoms with Crippen molar-refractivity contribution in [2.45, 2.75) is 44.7 Å². The highest BCUT2D eigenvalue weighted by Gasteiger charge is 2.40. The first-order valence-corrected chi connectivity index (χ1v) is 7.15. The van der Waals surface area contributed by atoms with Gasteiger partial charge in [0, 0.05) is 17.3 Å². The van der Waals surface area contributed by atoms with Crippen molar-refractivity contribution >= 4 is 0 Å². The van der Waals surface area contributed by atoms with Gasteiger partial charge in [0.2, 0.25) is 0 Å². The largest absolute Gasteiger partial charge is 0.311 e. The summed E-state index contributed by atoms with van der Waals surface area (Å²) in [5.41, 5.74) is 0.654. The van der Waals surface area contributed by atoms with Crippen LogP contribution in [-0.2, 0) is 0 Å². The Bertz CT molecular complexity index is 418. The Balaban J connectivity index is 2.35. The molecule has 0 bridgehead atoms. The number of nitrogens with zero attached hydrogens (tertiary/aromatic N) is 2. The van der Waals surface area contributed by atoms with Gasteiger partial charge < -0.3 is 5.32 Å². The second-order valence-electron chi connectivity index (χ2n) is 5.52. The zero-order chi connectivity index (χ0) is 13.9. The normalized spacial score (nSPS) is 21.3. The van der Waals surface area contributed by atoms with Crippen molar-refractivity contribution in [3.05, 3.63) is 29.8 Å². The maximum absolute atomic E-state index is 14.1. The van der Waals surface area contributed by atoms with Crippen molar-refractivity contribution in [3.63, 3.8) is 0 Å². The zero-order valence-corrected chi connectivity index (χ0v) is 12.1. The third kappa shape index (κ3) is 2.65. The summed E-state index contributed by atoms with van der Waals surface area (Å²) in [6.45, 7) is 6.63. The maximum Gasteiger partial charge on any atom is 0.146 e. The fourth-order valence-electron chi connectivity index (χ4n) is 3.26. The molecule has 3 nitrogen and oxygen atoms in total. The molecule has 0 spiro atoms. The van der Waals surface area contributed by atoms with Gasteiger partial charge in [-0.1, -0.05) is 6.92 Å². The molecule has 0 saturated carbocycles. The lowest BCUT2D eigenvalue weighted by molar-refractivity contribution is 0.0857. The molecule has 0 amide bonds. The van der Waals surface area contributed by atoms with Crippen LogP contribution in [0.3, 0.4) is 0 Å². The van der Waals surface area contributed by atoms with Gasteiger partial charge in [-0.15, -0.1) is 0 Å². The summed E-state index contributed by atoms with van der Waals surface area (Å²) in [6, 6.07) is 1.78. The first kappa shape index (κ1) is 14.4. The Kier molecular flexibility index (Phi) is 4.53. The van der Waals surface area contributed by atoms with Gasteiger partial charge in [-0.2, -0.15) is 0 Å². The van der Waals surface area contributed by atoms with E-state index in [4.69, 9.17) is 0 Å². The molecule has 1 aromatic rings. The van der Waals surface area contributed by atoms with Crippen molar-refractivity contribution in [1.82, 2.24) is 15.2 Å². The summed E-state index contributed by atoms with van der Waals surface area (Å²) in [6.07, 6.45) is 6.44. The van der Waals surface area contributed by atoms with Crippen molar-refractivity contribution in [2.75, 3.05) is 20.1 Å². The summed E-state index contributed by atoms with van der Waals surface area (Å²) < 4.78 is 14.1. The molecule has 2 rings (SSSR count). The predicted octanol–water partition coefficient (Wildman–Crippen LogP) is 2.75. The highest BCUT2D eigenvalue weighted by Crippen LogP contribution is 2.36. The summed E-state index contributed by atoms with van der Waals surface area (Å²) >= 11 is 0. The maximum atomic E-state index is 14.1. The van der Waals surface area contributed by atoms with E-state index in [1.54, 1.807) is 12.3 Å². The van der Waals surface area contributed by atoms with Crippen molar-refractivity contribution in [1.29, 1.82) is 0 Å². The SMILES string of the molecule is CCC(C)(C(NC)c1ccncc1F)N1CCCC1. The second-order valence-corrected chi connectivity index (χ2v) is 5.52. The third-order valence-electron chi connectivity index (χ3n) is 4.57. The zero-order valence-electron chi connectivity index (χ0n) is 12.1. The van der Waals surface area contributed by atoms with Crippen LogP contribution in [0.1, 0.15) is 44.7 Å². The molecule has 2 unspecified atom stereocenters. The summed E-state index contributed by atoms with van der Waals surface area (Å²) in [4.78, 5) is 6.34. The van der Waals surface area contributed by atoms with E-state index in [1.165, 1.54) is 19.0 Å². The lowest BCUT2D eigenvalue weighted by Crippen LogP contribution is -2.52. The molecule has 0 aliphatic carbocycles. The summed E-state index contributed by atoms with van der Waals surface area (Å²) in [5, 5.41) is 3.32. The van der Waals surface area contributed by atoms with E-state index >= 15 is 0 Å². The van der Waals surface area contributed by atoms with E-state index in [-0.39, 0.29) is 17.4 Å². The van der Waals surface area contributed by atoms with Gasteiger partial charge in [0.1, 0.15) is 5.82 Å². The van der Waals surface area contributed by atoms with Crippen molar-refractivity contribution in [2.24, 2.45) is 0 Å². The van der Waals surface area contributed by atoms with Crippen LogP contribution < -0.4 is 5.32 Å². The standard InChI is InChI=1S/C15H24FN3/c1-4-15(2,19-9-5-6-10-19)14(17-3)12-7-8-18-11-13(12)16/h7-8,11,14,17H,4-6,9-10H2,1-3H3. The van der Waals surface area contributed by atoms with Gasteiger partial charge in [-0.25, -0.2) is 4.39 Å². The van der Waals surface area contributed by atoms with E-state index in [1.807, 2.05) is 7.05 Å². The van der Waals surface area contributed by atoms with Gasteiger partial charge >= 0.3 is 0 Å². The molecular weight excluding hydrogens is 241 g/mol. The second kappa shape index (κ2) is 5.97. The monoisotopic (exact) mass is 265 g/mol. The van der Waals surface area contributed by atoms with E-state index < -0.39 is 0 Å². The number of pyridine rings is 1. The molecule has 0 radical (unpaired) electrons. The molecule has 19 heavy (non-hydrogen) atoms. The minimum atomic E-state index is -0.222. The minimum Gasteiger partial charge on any atom is -0.311 e. The van der Waals surface area contributed by atoms with Crippen LogP contribution in [0.15, 0.2) is 18.5 Å². The van der Waals surface area contributed by atoms with Crippen LogP contribution in [0, 0.1) is 5.82 Å². The average molecular weight is 265 g/mol. The minimum absolute atomic E-state index is 0.0152. The Morgan fingerprint density at radius 2 is 2.16 bits per heavy atom. The van der Waals surface area contributed by atoms with Gasteiger partial charge in [-0.3, -0.25) is 9.88 Å². The summed E-state index contributed by atoms with van der Waals surface area (Å²) in [5.74, 6) is -0.222. The molecular formula is C15H24FN3. The smallest absolute Gasteiger partial charge is 0.146 e. The van der Waals surface area contributed by atoms with E-state index in [9.17, 15) is 4.39 Å². The van der Waals surface area contributed by atoms with Crippen LogP contribution in [0.4, 0.5) is 4.39 Å². The fraction of sp³-hybridized carbons (Fsp3) is 0.667. The molecule has 1 aliphatic heterocycles. The quantitative estimate of drug-likeness (QED) is 0.887. The first-order valence-electron chi connectivity index (χ1n) is 7.15. The Labute approximate surface area is 115 Å². The first-order chi connectivity index (χ1) is 9.13. The van der Waals surface area contributed by atoms with E-state index in [0.717, 1.165) is 19.5 Å². The molecule has 106 valence electrons. The number of rotatable bonds is 5. The van der Waals surface area contributed by atoms with Crippen molar-refractivity contribution in [3.8, 4) is 0 Å². The van der Waals surface area contributed by atoms with Crippen LogP contribution in [-0.4, -0.2) is 35.6 Å². The Morgan fingerprint density at radius 3 is 2.68 bits per heavy atom. The number of halogens is 1. The lowest BCUT2D eigenvalue weighted by Gasteiger charge is -2.44. The summed E-state index contributed by atoms with van der Waals surface area (Å²) in [7, 11) is 1.91. The van der Waals surface area contributed by atoms with Crippen LogP contribution >= 0.6 is 0 Å². The molecule has 1 aromatic heterocycles. The molecule has 1 fully saturated rings. The fourth-order valence-corrected chi connectivity index (χ4v) is 3.26. The molecule has 2 heterocycles. The number of hydrogen-bond acceptors (Lipinski definition) is 3. The van der Waals surface area contributed by atoms with Gasteiger partial charge in [0.15, 0.2) is 0 Å². The van der Waals surface area contributed by atoms with Crippen LogP contribution in [0.2, 0.25) is 0 Å². The highest BCUT2D eigenvalue weighted by atomic mass is 19.1. The lowest BCUT2D eigenvalue weighted by atomic mass is 9.83. The van der Waals surface area contributed by atoms with E-state index in [0.29, 0.717) is 5.56 Å². The van der Waals surface area contributed by atoms with Gasteiger partial charge in [0.25, 0.3) is 0 Å². The highest BCUT2D eigenvalue weighted by molar-refractivity contribution is 5.22. The molecule has 4 heteroatoms. The molecule has 1 aliphatic rings. The number of hydrogen-bond donors (Lipinski definition) is 1. The molecule has 0 aromatic carbocycles. The third-order valence-corrected chi connectivity index (χ3v) is 4.57. The topological polar surface area (TPSA) is 28.2 Å². The predicted molar refractivity (Wildman–Crippen MR) is 75.5 cm³/mol. The number of likely N-dealkylation sites (N-methyl/N-ethyl adjacent to an activating group) is 1. The van der Waals surface area contributed by atoms with Gasteiger partial charge in [-0.05, 0) is 52.4 Å². The van der Waals surface area contributed by atoms with Crippen LogP contribution in [0.5, 0.6) is 0 Å². The van der Waals surface area contributed by atoms with Crippen molar-refractivity contribution < 1.29 is 4.39 Å². The Morgan fingerprint density at radius 1 is 1.47 bits per heavy atom. The number of likely N-dealkylation sites (tertiary alicyclic amines) is 1. The molecule has 1 N–H and O–H groups in total. The number of aromatic nitrogens is 1. The number of nitrogens with one attached hydrogen (secondary N) is 1. The van der Waals surface area contributed by atoms with Gasteiger partial charge in [0.05, 0.1) is 12.2 Å². The molecule has 1 saturated heterocycles. The molecule has 2 atom stereocenters. The average Bonchev–Trinajstić information content (AvgIpc) is 2.96. The van der Waals surface area contributed by atoms with E-state index in [2.05, 4.69) is 29.0 Å². The van der Waals surface area contributed by atoms with Crippen LogP contribution in [0.25, 0.3) is 0 Å². The Hall–Kier alpha value is -1.00.